The standard InChI is InChI=1S/C14H21N3O/c1-11(18)6-5-8-15-10-13-12(2)16-14-7-3-4-9-17(13)14/h3-4,7,9,11,15,18H,5-6,8,10H2,1-2H3. The molecule has 0 aliphatic rings. The SMILES string of the molecule is Cc1nc2ccccn2c1CNCCCC(C)O. The second-order valence-electron chi connectivity index (χ2n) is 4.74. The number of imidazole rings is 1. The molecule has 0 bridgehead atoms. The van der Waals surface area contributed by atoms with Gasteiger partial charge in [0.15, 0.2) is 0 Å². The van der Waals surface area contributed by atoms with Gasteiger partial charge < -0.3 is 14.8 Å². The van der Waals surface area contributed by atoms with Gasteiger partial charge in [-0.3, -0.25) is 0 Å². The van der Waals surface area contributed by atoms with E-state index in [0.717, 1.165) is 37.3 Å². The summed E-state index contributed by atoms with van der Waals surface area (Å²) >= 11 is 0. The molecule has 0 aliphatic heterocycles. The van der Waals surface area contributed by atoms with E-state index < -0.39 is 0 Å². The summed E-state index contributed by atoms with van der Waals surface area (Å²) < 4.78 is 2.12. The van der Waals surface area contributed by atoms with Gasteiger partial charge in [0.05, 0.1) is 17.5 Å². The van der Waals surface area contributed by atoms with Crippen LogP contribution in [0.15, 0.2) is 24.4 Å². The minimum atomic E-state index is -0.204. The Labute approximate surface area is 108 Å². The Hall–Kier alpha value is -1.39. The first-order valence-corrected chi connectivity index (χ1v) is 6.50. The van der Waals surface area contributed by atoms with E-state index in [-0.39, 0.29) is 6.10 Å². The lowest BCUT2D eigenvalue weighted by molar-refractivity contribution is 0.181. The molecule has 1 atom stereocenters. The molecule has 0 aliphatic carbocycles. The summed E-state index contributed by atoms with van der Waals surface area (Å²) in [5.41, 5.74) is 3.28. The maximum absolute atomic E-state index is 9.18. The summed E-state index contributed by atoms with van der Waals surface area (Å²) in [6, 6.07) is 6.04. The lowest BCUT2D eigenvalue weighted by Crippen LogP contribution is -2.17. The second kappa shape index (κ2) is 5.98. The van der Waals surface area contributed by atoms with Crippen molar-refractivity contribution in [1.29, 1.82) is 0 Å². The third kappa shape index (κ3) is 3.09. The summed E-state index contributed by atoms with van der Waals surface area (Å²) in [5.74, 6) is 0. The van der Waals surface area contributed by atoms with Gasteiger partial charge in [-0.25, -0.2) is 4.98 Å². The third-order valence-corrected chi connectivity index (χ3v) is 3.10. The highest BCUT2D eigenvalue weighted by atomic mass is 16.3. The van der Waals surface area contributed by atoms with Crippen LogP contribution in [-0.4, -0.2) is 27.1 Å². The largest absolute Gasteiger partial charge is 0.393 e. The highest BCUT2D eigenvalue weighted by Crippen LogP contribution is 2.11. The van der Waals surface area contributed by atoms with Crippen LogP contribution in [0.1, 0.15) is 31.2 Å². The Balaban J connectivity index is 1.93. The molecule has 4 heteroatoms. The fourth-order valence-corrected chi connectivity index (χ4v) is 2.11. The van der Waals surface area contributed by atoms with Crippen molar-refractivity contribution >= 4 is 5.65 Å². The molecule has 0 spiro atoms. The number of nitrogens with one attached hydrogen (secondary N) is 1. The summed E-state index contributed by atoms with van der Waals surface area (Å²) in [7, 11) is 0. The number of nitrogens with zero attached hydrogens (tertiary/aromatic N) is 2. The molecule has 2 rings (SSSR count). The minimum Gasteiger partial charge on any atom is -0.393 e. The fourth-order valence-electron chi connectivity index (χ4n) is 2.11. The average molecular weight is 247 g/mol. The number of aryl methyl sites for hydroxylation is 1. The average Bonchev–Trinajstić information content (AvgIpc) is 2.65. The Bertz CT molecular complexity index is 505. The van der Waals surface area contributed by atoms with Crippen molar-refractivity contribution in [3.8, 4) is 0 Å². The highest BCUT2D eigenvalue weighted by molar-refractivity contribution is 5.42. The molecule has 0 saturated carbocycles. The number of pyridine rings is 1. The predicted molar refractivity (Wildman–Crippen MR) is 72.6 cm³/mol. The smallest absolute Gasteiger partial charge is 0.137 e. The summed E-state index contributed by atoms with van der Waals surface area (Å²) in [4.78, 5) is 4.52. The zero-order valence-corrected chi connectivity index (χ0v) is 11.1. The molecular weight excluding hydrogens is 226 g/mol. The molecule has 1 unspecified atom stereocenters. The number of rotatable bonds is 6. The number of hydrogen-bond acceptors (Lipinski definition) is 3. The molecule has 4 nitrogen and oxygen atoms in total. The second-order valence-corrected chi connectivity index (χ2v) is 4.74. The maximum Gasteiger partial charge on any atom is 0.137 e. The van der Waals surface area contributed by atoms with Crippen LogP contribution < -0.4 is 5.32 Å². The molecule has 2 aromatic rings. The number of aliphatic hydroxyl groups is 1. The Morgan fingerprint density at radius 1 is 1.44 bits per heavy atom. The molecule has 0 aromatic carbocycles. The maximum atomic E-state index is 9.18. The van der Waals surface area contributed by atoms with Crippen molar-refractivity contribution in [2.24, 2.45) is 0 Å². The van der Waals surface area contributed by atoms with Crippen LogP contribution in [0.4, 0.5) is 0 Å². The zero-order valence-electron chi connectivity index (χ0n) is 11.1. The van der Waals surface area contributed by atoms with Crippen LogP contribution in [0.3, 0.4) is 0 Å². The van der Waals surface area contributed by atoms with E-state index in [2.05, 4.69) is 14.7 Å². The summed E-state index contributed by atoms with van der Waals surface area (Å²) in [5, 5.41) is 12.6. The molecule has 18 heavy (non-hydrogen) atoms. The van der Waals surface area contributed by atoms with Crippen LogP contribution >= 0.6 is 0 Å². The van der Waals surface area contributed by atoms with E-state index in [0.29, 0.717) is 0 Å². The Morgan fingerprint density at radius 3 is 3.06 bits per heavy atom. The number of aliphatic hydroxyl groups excluding tert-OH is 1. The normalized spacial score (nSPS) is 13.1. The Morgan fingerprint density at radius 2 is 2.28 bits per heavy atom. The van der Waals surface area contributed by atoms with Gasteiger partial charge in [0.2, 0.25) is 0 Å². The van der Waals surface area contributed by atoms with Crippen LogP contribution in [-0.2, 0) is 6.54 Å². The van der Waals surface area contributed by atoms with E-state index in [1.807, 2.05) is 38.2 Å². The lowest BCUT2D eigenvalue weighted by Gasteiger charge is -2.07. The molecule has 0 fully saturated rings. The van der Waals surface area contributed by atoms with E-state index in [9.17, 15) is 5.11 Å². The quantitative estimate of drug-likeness (QED) is 0.766. The first-order chi connectivity index (χ1) is 8.68. The monoisotopic (exact) mass is 247 g/mol. The van der Waals surface area contributed by atoms with E-state index >= 15 is 0 Å². The molecule has 2 heterocycles. The lowest BCUT2D eigenvalue weighted by atomic mass is 10.2. The first-order valence-electron chi connectivity index (χ1n) is 6.50. The molecule has 2 N–H and O–H groups in total. The zero-order chi connectivity index (χ0) is 13.0. The first kappa shape index (κ1) is 13.1. The molecule has 98 valence electrons. The van der Waals surface area contributed by atoms with Crippen molar-refractivity contribution in [3.05, 3.63) is 35.8 Å². The molecule has 0 amide bonds. The molecule has 2 aromatic heterocycles. The van der Waals surface area contributed by atoms with Gasteiger partial charge in [0.1, 0.15) is 5.65 Å². The van der Waals surface area contributed by atoms with Crippen LogP contribution in [0.2, 0.25) is 0 Å². The van der Waals surface area contributed by atoms with Gasteiger partial charge in [-0.15, -0.1) is 0 Å². The Kier molecular flexibility index (Phi) is 4.33. The van der Waals surface area contributed by atoms with E-state index in [4.69, 9.17) is 0 Å². The molecule has 0 saturated heterocycles. The third-order valence-electron chi connectivity index (χ3n) is 3.10. The van der Waals surface area contributed by atoms with Crippen molar-refractivity contribution in [3.63, 3.8) is 0 Å². The fraction of sp³-hybridized carbons (Fsp3) is 0.500. The van der Waals surface area contributed by atoms with E-state index in [1.165, 1.54) is 5.69 Å². The number of aromatic nitrogens is 2. The van der Waals surface area contributed by atoms with Crippen LogP contribution in [0, 0.1) is 6.92 Å². The highest BCUT2D eigenvalue weighted by Gasteiger charge is 2.06. The summed E-state index contributed by atoms with van der Waals surface area (Å²) in [6.45, 7) is 5.61. The molecule has 0 radical (unpaired) electrons. The van der Waals surface area contributed by atoms with Crippen molar-refractivity contribution in [1.82, 2.24) is 14.7 Å². The topological polar surface area (TPSA) is 49.6 Å². The van der Waals surface area contributed by atoms with E-state index in [1.54, 1.807) is 0 Å². The van der Waals surface area contributed by atoms with Gasteiger partial charge in [0.25, 0.3) is 0 Å². The van der Waals surface area contributed by atoms with Crippen molar-refractivity contribution in [2.45, 2.75) is 39.3 Å². The van der Waals surface area contributed by atoms with Crippen molar-refractivity contribution < 1.29 is 5.11 Å². The van der Waals surface area contributed by atoms with Gasteiger partial charge in [-0.1, -0.05) is 6.07 Å². The van der Waals surface area contributed by atoms with Crippen LogP contribution in [0.5, 0.6) is 0 Å². The minimum absolute atomic E-state index is 0.204. The van der Waals surface area contributed by atoms with Crippen LogP contribution in [0.25, 0.3) is 5.65 Å². The molecular formula is C14H21N3O. The van der Waals surface area contributed by atoms with Gasteiger partial charge >= 0.3 is 0 Å². The van der Waals surface area contributed by atoms with Gasteiger partial charge in [-0.05, 0) is 45.4 Å². The summed E-state index contributed by atoms with van der Waals surface area (Å²) in [6.07, 6.45) is 3.68. The predicted octanol–water partition coefficient (Wildman–Crippen LogP) is 1.89. The van der Waals surface area contributed by atoms with Gasteiger partial charge in [-0.2, -0.15) is 0 Å². The van der Waals surface area contributed by atoms with Gasteiger partial charge in [0, 0.05) is 12.7 Å². The van der Waals surface area contributed by atoms with Crippen molar-refractivity contribution in [2.75, 3.05) is 6.54 Å². The number of hydrogen-bond donors (Lipinski definition) is 2. The number of fused-ring (bicyclic) bond motifs is 1.